The van der Waals surface area contributed by atoms with Crippen molar-refractivity contribution >= 4 is 6.09 Å². The van der Waals surface area contributed by atoms with Crippen molar-refractivity contribution in [3.05, 3.63) is 0 Å². The van der Waals surface area contributed by atoms with Crippen LogP contribution in [0.3, 0.4) is 0 Å². The predicted octanol–water partition coefficient (Wildman–Crippen LogP) is 4.72. The number of ether oxygens (including phenoxy) is 1. The van der Waals surface area contributed by atoms with Crippen molar-refractivity contribution < 1.29 is 9.53 Å². The minimum atomic E-state index is -0.428. The van der Waals surface area contributed by atoms with Crippen molar-refractivity contribution in [1.82, 2.24) is 10.2 Å². The Kier molecular flexibility index (Phi) is 8.96. The second-order valence-corrected chi connectivity index (χ2v) is 7.96. The second-order valence-electron chi connectivity index (χ2n) is 7.96. The minimum absolute atomic E-state index is 0.144. The molecule has 1 unspecified atom stereocenters. The molecule has 0 heterocycles. The van der Waals surface area contributed by atoms with Crippen molar-refractivity contribution in [3.63, 3.8) is 0 Å². The van der Waals surface area contributed by atoms with E-state index in [-0.39, 0.29) is 6.09 Å². The Morgan fingerprint density at radius 3 is 2.35 bits per heavy atom. The van der Waals surface area contributed by atoms with Gasteiger partial charge in [0, 0.05) is 25.2 Å². The Balaban J connectivity index is 2.61. The lowest BCUT2D eigenvalue weighted by atomic mass is 10.1. The van der Waals surface area contributed by atoms with E-state index in [1.807, 2.05) is 25.7 Å². The lowest BCUT2D eigenvalue weighted by Gasteiger charge is -2.33. The van der Waals surface area contributed by atoms with Crippen molar-refractivity contribution in [2.45, 2.75) is 104 Å². The van der Waals surface area contributed by atoms with E-state index in [1.54, 1.807) is 0 Å². The van der Waals surface area contributed by atoms with E-state index < -0.39 is 5.60 Å². The molecule has 0 saturated heterocycles. The fourth-order valence-electron chi connectivity index (χ4n) is 3.28. The first-order valence-electron chi connectivity index (χ1n) is 9.56. The monoisotopic (exact) mass is 326 g/mol. The number of hydrogen-bond acceptors (Lipinski definition) is 3. The highest BCUT2D eigenvalue weighted by atomic mass is 16.6. The summed E-state index contributed by atoms with van der Waals surface area (Å²) in [5, 5.41) is 3.54. The summed E-state index contributed by atoms with van der Waals surface area (Å²) in [6.07, 6.45) is 9.49. The summed E-state index contributed by atoms with van der Waals surface area (Å²) < 4.78 is 5.66. The van der Waals surface area contributed by atoms with Gasteiger partial charge in [-0.15, -0.1) is 0 Å². The van der Waals surface area contributed by atoms with Crippen LogP contribution < -0.4 is 5.32 Å². The predicted molar refractivity (Wildman–Crippen MR) is 96.8 cm³/mol. The molecule has 0 aliphatic heterocycles. The van der Waals surface area contributed by atoms with Gasteiger partial charge in [0.15, 0.2) is 0 Å². The molecule has 23 heavy (non-hydrogen) atoms. The van der Waals surface area contributed by atoms with Crippen LogP contribution >= 0.6 is 0 Å². The van der Waals surface area contributed by atoms with Crippen LogP contribution in [-0.4, -0.2) is 41.8 Å². The zero-order valence-electron chi connectivity index (χ0n) is 16.0. The summed E-state index contributed by atoms with van der Waals surface area (Å²) >= 11 is 0. The third-order valence-electron chi connectivity index (χ3n) is 4.46. The molecule has 0 bridgehead atoms. The van der Waals surface area contributed by atoms with Crippen LogP contribution in [0.4, 0.5) is 4.79 Å². The van der Waals surface area contributed by atoms with Gasteiger partial charge < -0.3 is 15.0 Å². The van der Waals surface area contributed by atoms with E-state index in [1.165, 1.54) is 38.5 Å². The summed E-state index contributed by atoms with van der Waals surface area (Å²) in [6.45, 7) is 11.8. The Morgan fingerprint density at radius 2 is 1.83 bits per heavy atom. The summed E-state index contributed by atoms with van der Waals surface area (Å²) in [7, 11) is 0. The molecule has 4 nitrogen and oxygen atoms in total. The number of nitrogens with zero attached hydrogens (tertiary/aromatic N) is 1. The van der Waals surface area contributed by atoms with Gasteiger partial charge in [0.05, 0.1) is 0 Å². The number of carbonyl (C=O) groups excluding carboxylic acids is 1. The molecule has 0 aromatic carbocycles. The molecule has 0 aromatic heterocycles. The number of rotatable bonds is 7. The van der Waals surface area contributed by atoms with Crippen LogP contribution in [0.1, 0.15) is 86.0 Å². The second kappa shape index (κ2) is 10.2. The van der Waals surface area contributed by atoms with Gasteiger partial charge in [-0.2, -0.15) is 0 Å². The van der Waals surface area contributed by atoms with Gasteiger partial charge in [-0.05, 0) is 47.0 Å². The average Bonchev–Trinajstić information content (AvgIpc) is 2.70. The van der Waals surface area contributed by atoms with Crippen LogP contribution in [0.5, 0.6) is 0 Å². The van der Waals surface area contributed by atoms with E-state index in [0.717, 1.165) is 25.9 Å². The first kappa shape index (κ1) is 20.3. The maximum Gasteiger partial charge on any atom is 0.410 e. The standard InChI is InChI=1S/C19H38N2O2/c1-6-11-16(2)20-14-15-21(18(22)23-19(3,4)5)17-12-9-7-8-10-13-17/h16-17,20H,6-15H2,1-5H3. The van der Waals surface area contributed by atoms with Crippen LogP contribution in [-0.2, 0) is 4.74 Å². The van der Waals surface area contributed by atoms with Crippen molar-refractivity contribution in [3.8, 4) is 0 Å². The molecule has 1 saturated carbocycles. The molecule has 1 N–H and O–H groups in total. The maximum atomic E-state index is 12.6. The normalized spacial score (nSPS) is 18.3. The molecule has 0 radical (unpaired) electrons. The largest absolute Gasteiger partial charge is 0.444 e. The third-order valence-corrected chi connectivity index (χ3v) is 4.46. The lowest BCUT2D eigenvalue weighted by molar-refractivity contribution is 0.0145. The lowest BCUT2D eigenvalue weighted by Crippen LogP contribution is -2.47. The fraction of sp³-hybridized carbons (Fsp3) is 0.947. The Morgan fingerprint density at radius 1 is 1.22 bits per heavy atom. The molecule has 1 rings (SSSR count). The van der Waals surface area contributed by atoms with Gasteiger partial charge in [0.2, 0.25) is 0 Å². The topological polar surface area (TPSA) is 41.6 Å². The first-order chi connectivity index (χ1) is 10.8. The van der Waals surface area contributed by atoms with Gasteiger partial charge in [0.25, 0.3) is 0 Å². The summed E-state index contributed by atoms with van der Waals surface area (Å²) in [4.78, 5) is 14.6. The summed E-state index contributed by atoms with van der Waals surface area (Å²) in [6, 6.07) is 0.852. The zero-order chi connectivity index (χ0) is 17.3. The van der Waals surface area contributed by atoms with Crippen molar-refractivity contribution in [2.24, 2.45) is 0 Å². The number of carbonyl (C=O) groups is 1. The zero-order valence-corrected chi connectivity index (χ0v) is 16.0. The van der Waals surface area contributed by atoms with E-state index in [0.29, 0.717) is 12.1 Å². The molecule has 1 fully saturated rings. The van der Waals surface area contributed by atoms with Gasteiger partial charge in [-0.3, -0.25) is 0 Å². The Hall–Kier alpha value is -0.770. The fourth-order valence-corrected chi connectivity index (χ4v) is 3.28. The number of amides is 1. The molecule has 136 valence electrons. The van der Waals surface area contributed by atoms with Crippen LogP contribution in [0.25, 0.3) is 0 Å². The van der Waals surface area contributed by atoms with Crippen LogP contribution in [0.2, 0.25) is 0 Å². The first-order valence-corrected chi connectivity index (χ1v) is 9.56. The molecular formula is C19H38N2O2. The highest BCUT2D eigenvalue weighted by Gasteiger charge is 2.28. The minimum Gasteiger partial charge on any atom is -0.444 e. The third kappa shape index (κ3) is 8.59. The summed E-state index contributed by atoms with van der Waals surface area (Å²) in [5.74, 6) is 0. The molecule has 1 aliphatic rings. The molecule has 4 heteroatoms. The van der Waals surface area contributed by atoms with Gasteiger partial charge in [-0.1, -0.05) is 39.0 Å². The van der Waals surface area contributed by atoms with E-state index >= 15 is 0 Å². The van der Waals surface area contributed by atoms with Gasteiger partial charge in [-0.25, -0.2) is 4.79 Å². The van der Waals surface area contributed by atoms with E-state index in [9.17, 15) is 4.79 Å². The maximum absolute atomic E-state index is 12.6. The van der Waals surface area contributed by atoms with Crippen LogP contribution in [0.15, 0.2) is 0 Å². The number of hydrogen-bond donors (Lipinski definition) is 1. The molecule has 1 aliphatic carbocycles. The quantitative estimate of drug-likeness (QED) is 0.688. The average molecular weight is 327 g/mol. The smallest absolute Gasteiger partial charge is 0.410 e. The van der Waals surface area contributed by atoms with Crippen molar-refractivity contribution in [2.75, 3.05) is 13.1 Å². The van der Waals surface area contributed by atoms with Gasteiger partial charge >= 0.3 is 6.09 Å². The SMILES string of the molecule is CCCC(C)NCCN(C(=O)OC(C)(C)C)C1CCCCCC1. The van der Waals surface area contributed by atoms with E-state index in [4.69, 9.17) is 4.74 Å². The van der Waals surface area contributed by atoms with Crippen molar-refractivity contribution in [1.29, 1.82) is 0 Å². The molecule has 0 spiro atoms. The highest BCUT2D eigenvalue weighted by Crippen LogP contribution is 2.23. The Bertz CT molecular complexity index is 331. The molecule has 1 atom stereocenters. The van der Waals surface area contributed by atoms with E-state index in [2.05, 4.69) is 19.2 Å². The molecular weight excluding hydrogens is 288 g/mol. The summed E-state index contributed by atoms with van der Waals surface area (Å²) in [5.41, 5.74) is -0.428. The van der Waals surface area contributed by atoms with Crippen LogP contribution in [0, 0.1) is 0 Å². The van der Waals surface area contributed by atoms with Gasteiger partial charge in [0.1, 0.15) is 5.60 Å². The highest BCUT2D eigenvalue weighted by molar-refractivity contribution is 5.68. The molecule has 1 amide bonds. The Labute approximate surface area is 143 Å². The number of nitrogens with one attached hydrogen (secondary N) is 1. The molecule has 0 aromatic rings.